The van der Waals surface area contributed by atoms with Crippen LogP contribution in [-0.4, -0.2) is 28.2 Å². The van der Waals surface area contributed by atoms with Crippen LogP contribution in [0.3, 0.4) is 0 Å². The molecule has 0 atom stereocenters. The molecule has 3 aromatic carbocycles. The monoisotopic (exact) mass is 483 g/mol. The van der Waals surface area contributed by atoms with E-state index in [1.165, 1.54) is 24.5 Å². The second-order valence-corrected chi connectivity index (χ2v) is 8.78. The third kappa shape index (κ3) is 4.52. The van der Waals surface area contributed by atoms with Crippen molar-refractivity contribution in [3.8, 4) is 22.1 Å². The lowest BCUT2D eigenvalue weighted by molar-refractivity contribution is 0.0977. The fraction of sp³-hybridized carbons (Fsp3) is 0.0870. The minimum atomic E-state index is -0.408. The fourth-order valence-electron chi connectivity index (χ4n) is 3.15. The predicted molar refractivity (Wildman–Crippen MR) is 133 cm³/mol. The molecule has 32 heavy (non-hydrogen) atoms. The lowest BCUT2D eigenvalue weighted by atomic mass is 10.1. The van der Waals surface area contributed by atoms with Gasteiger partial charge in [0, 0.05) is 11.3 Å². The molecule has 0 fully saturated rings. The number of nitrogens with zero attached hydrogens (tertiary/aromatic N) is 1. The van der Waals surface area contributed by atoms with Crippen molar-refractivity contribution in [1.29, 1.82) is 0 Å². The maximum atomic E-state index is 12.5. The average molecular weight is 484 g/mol. The molecule has 4 aromatic rings. The minimum Gasteiger partial charge on any atom is -0.507 e. The molecular formula is C23H18ClN3O3S2. The number of benzene rings is 3. The third-order valence-electron chi connectivity index (χ3n) is 4.72. The van der Waals surface area contributed by atoms with E-state index in [0.717, 1.165) is 10.2 Å². The van der Waals surface area contributed by atoms with Gasteiger partial charge in [0.2, 0.25) is 0 Å². The molecule has 4 rings (SSSR count). The van der Waals surface area contributed by atoms with Crippen LogP contribution in [0.25, 0.3) is 20.8 Å². The van der Waals surface area contributed by atoms with Gasteiger partial charge in [0.1, 0.15) is 16.5 Å². The summed E-state index contributed by atoms with van der Waals surface area (Å²) >= 11 is 12.9. The number of aromatic nitrogens is 1. The van der Waals surface area contributed by atoms with E-state index in [1.807, 2.05) is 24.3 Å². The van der Waals surface area contributed by atoms with Gasteiger partial charge in [0.05, 0.1) is 27.9 Å². The highest BCUT2D eigenvalue weighted by atomic mass is 35.5. The number of aromatic hydroxyl groups is 1. The number of phenols is 1. The highest BCUT2D eigenvalue weighted by molar-refractivity contribution is 7.80. The molecule has 0 radical (unpaired) electrons. The summed E-state index contributed by atoms with van der Waals surface area (Å²) in [6, 6.07) is 16.0. The van der Waals surface area contributed by atoms with Crippen molar-refractivity contribution in [3.05, 3.63) is 70.7 Å². The Morgan fingerprint density at radius 3 is 2.69 bits per heavy atom. The second kappa shape index (κ2) is 9.12. The smallest absolute Gasteiger partial charge is 0.257 e. The molecule has 0 saturated heterocycles. The number of ether oxygens (including phenoxy) is 1. The number of nitrogens with one attached hydrogen (secondary N) is 2. The third-order valence-corrected chi connectivity index (χ3v) is 6.29. The lowest BCUT2D eigenvalue weighted by Gasteiger charge is -2.13. The van der Waals surface area contributed by atoms with Crippen LogP contribution >= 0.6 is 35.2 Å². The SMILES string of the molecule is COc1ccc(C(=O)NC(=S)Nc2cc(C)c(O)c(-c3nc4ccccc4s3)c2)cc1Cl. The molecule has 3 N–H and O–H groups in total. The number of amides is 1. The Morgan fingerprint density at radius 2 is 1.97 bits per heavy atom. The number of fused-ring (bicyclic) bond motifs is 1. The molecule has 0 aliphatic carbocycles. The number of carbonyl (C=O) groups is 1. The topological polar surface area (TPSA) is 83.5 Å². The van der Waals surface area contributed by atoms with Gasteiger partial charge >= 0.3 is 0 Å². The molecule has 0 aliphatic rings. The van der Waals surface area contributed by atoms with Gasteiger partial charge in [-0.25, -0.2) is 4.98 Å². The summed E-state index contributed by atoms with van der Waals surface area (Å²) in [6.07, 6.45) is 0. The van der Waals surface area contributed by atoms with Crippen LogP contribution in [0.2, 0.25) is 5.02 Å². The highest BCUT2D eigenvalue weighted by Gasteiger charge is 2.15. The largest absolute Gasteiger partial charge is 0.507 e. The molecule has 1 heterocycles. The summed E-state index contributed by atoms with van der Waals surface area (Å²) in [5.74, 6) is 0.220. The molecule has 0 bridgehead atoms. The summed E-state index contributed by atoms with van der Waals surface area (Å²) in [4.78, 5) is 17.1. The van der Waals surface area contributed by atoms with Gasteiger partial charge in [-0.1, -0.05) is 23.7 Å². The first-order valence-electron chi connectivity index (χ1n) is 9.51. The number of thiocarbonyl (C=S) groups is 1. The summed E-state index contributed by atoms with van der Waals surface area (Å²) in [5.41, 5.74) is 3.07. The second-order valence-electron chi connectivity index (χ2n) is 6.93. The number of halogens is 1. The summed E-state index contributed by atoms with van der Waals surface area (Å²) < 4.78 is 6.13. The van der Waals surface area contributed by atoms with Gasteiger partial charge < -0.3 is 15.2 Å². The van der Waals surface area contributed by atoms with E-state index >= 15 is 0 Å². The van der Waals surface area contributed by atoms with E-state index < -0.39 is 5.91 Å². The lowest BCUT2D eigenvalue weighted by Crippen LogP contribution is -2.34. The Labute approximate surface area is 198 Å². The zero-order valence-electron chi connectivity index (χ0n) is 17.1. The number of thiazole rings is 1. The first-order valence-corrected chi connectivity index (χ1v) is 11.1. The van der Waals surface area contributed by atoms with Crippen molar-refractivity contribution in [2.45, 2.75) is 6.92 Å². The molecular weight excluding hydrogens is 466 g/mol. The number of para-hydroxylation sites is 1. The number of methoxy groups -OCH3 is 1. The van der Waals surface area contributed by atoms with Crippen molar-refractivity contribution in [2.75, 3.05) is 12.4 Å². The van der Waals surface area contributed by atoms with E-state index in [9.17, 15) is 9.90 Å². The maximum Gasteiger partial charge on any atom is 0.257 e. The van der Waals surface area contributed by atoms with E-state index in [0.29, 0.717) is 38.2 Å². The summed E-state index contributed by atoms with van der Waals surface area (Å²) in [5, 5.41) is 17.4. The molecule has 0 unspecified atom stereocenters. The van der Waals surface area contributed by atoms with E-state index in [-0.39, 0.29) is 10.9 Å². The Morgan fingerprint density at radius 1 is 1.19 bits per heavy atom. The van der Waals surface area contributed by atoms with Crippen molar-refractivity contribution in [3.63, 3.8) is 0 Å². The van der Waals surface area contributed by atoms with Crippen LogP contribution < -0.4 is 15.4 Å². The maximum absolute atomic E-state index is 12.5. The van der Waals surface area contributed by atoms with Gasteiger partial charge in [0.25, 0.3) is 5.91 Å². The number of hydrogen-bond donors (Lipinski definition) is 3. The zero-order valence-corrected chi connectivity index (χ0v) is 19.5. The van der Waals surface area contributed by atoms with Gasteiger partial charge in [0.15, 0.2) is 5.11 Å². The van der Waals surface area contributed by atoms with Crippen LogP contribution in [0, 0.1) is 6.92 Å². The molecule has 0 aliphatic heterocycles. The Kier molecular flexibility index (Phi) is 6.27. The normalized spacial score (nSPS) is 10.7. The predicted octanol–water partition coefficient (Wildman–Crippen LogP) is 5.77. The fourth-order valence-corrected chi connectivity index (χ4v) is 4.60. The summed E-state index contributed by atoms with van der Waals surface area (Å²) in [7, 11) is 1.50. The van der Waals surface area contributed by atoms with Gasteiger partial charge in [-0.2, -0.15) is 0 Å². The van der Waals surface area contributed by atoms with Crippen molar-refractivity contribution >= 4 is 62.1 Å². The number of phenolic OH excluding ortho intramolecular Hbond substituents is 1. The van der Waals surface area contributed by atoms with Crippen LogP contribution in [0.5, 0.6) is 11.5 Å². The van der Waals surface area contributed by atoms with Gasteiger partial charge in [-0.05, 0) is 67.2 Å². The molecule has 1 amide bonds. The number of carbonyl (C=O) groups excluding carboxylic acids is 1. The van der Waals surface area contributed by atoms with Crippen LogP contribution in [0.15, 0.2) is 54.6 Å². The standard InChI is InChI=1S/C23H18ClN3O3S2/c1-12-9-14(11-15(20(12)28)22-26-17-5-3-4-6-19(17)32-22)25-23(31)27-21(29)13-7-8-18(30-2)16(24)10-13/h3-11,28H,1-2H3,(H2,25,27,29,31). The zero-order chi connectivity index (χ0) is 22.8. The summed E-state index contributed by atoms with van der Waals surface area (Å²) in [6.45, 7) is 1.79. The Balaban J connectivity index is 1.54. The van der Waals surface area contributed by atoms with Gasteiger partial charge in [-0.3, -0.25) is 10.1 Å². The minimum absolute atomic E-state index is 0.113. The van der Waals surface area contributed by atoms with Crippen LogP contribution in [0.1, 0.15) is 15.9 Å². The van der Waals surface area contributed by atoms with Crippen molar-refractivity contribution < 1.29 is 14.6 Å². The quantitative estimate of drug-likeness (QED) is 0.252. The Bertz CT molecular complexity index is 1320. The molecule has 162 valence electrons. The first kappa shape index (κ1) is 22.0. The average Bonchev–Trinajstić information content (AvgIpc) is 3.20. The molecule has 1 aromatic heterocycles. The molecule has 0 saturated carbocycles. The number of hydrogen-bond acceptors (Lipinski definition) is 6. The van der Waals surface area contributed by atoms with Crippen molar-refractivity contribution in [1.82, 2.24) is 10.3 Å². The number of aryl methyl sites for hydroxylation is 1. The van der Waals surface area contributed by atoms with Crippen LogP contribution in [0.4, 0.5) is 5.69 Å². The number of anilines is 1. The van der Waals surface area contributed by atoms with E-state index in [1.54, 1.807) is 31.2 Å². The van der Waals surface area contributed by atoms with E-state index in [2.05, 4.69) is 15.6 Å². The molecule has 9 heteroatoms. The molecule has 6 nitrogen and oxygen atoms in total. The Hall–Kier alpha value is -3.20. The number of rotatable bonds is 4. The molecule has 0 spiro atoms. The highest BCUT2D eigenvalue weighted by Crippen LogP contribution is 2.38. The first-order chi connectivity index (χ1) is 15.4. The van der Waals surface area contributed by atoms with E-state index in [4.69, 9.17) is 28.6 Å². The van der Waals surface area contributed by atoms with Gasteiger partial charge in [-0.15, -0.1) is 11.3 Å². The van der Waals surface area contributed by atoms with Crippen molar-refractivity contribution in [2.24, 2.45) is 0 Å². The van der Waals surface area contributed by atoms with Crippen LogP contribution in [-0.2, 0) is 0 Å².